The third kappa shape index (κ3) is 3.81. The zero-order valence-electron chi connectivity index (χ0n) is 11.6. The van der Waals surface area contributed by atoms with Gasteiger partial charge in [-0.1, -0.05) is 6.92 Å². The number of benzene rings is 1. The Balaban J connectivity index is 0.00000200. The van der Waals surface area contributed by atoms with Gasteiger partial charge < -0.3 is 15.5 Å². The Hall–Kier alpha value is -1.88. The van der Waals surface area contributed by atoms with E-state index in [1.165, 1.54) is 6.07 Å². The maximum Gasteiger partial charge on any atom is 0.148 e. The van der Waals surface area contributed by atoms with Crippen LogP contribution in [0.2, 0.25) is 0 Å². The van der Waals surface area contributed by atoms with Crippen molar-refractivity contribution in [3.05, 3.63) is 36.0 Å². The highest BCUT2D eigenvalue weighted by Gasteiger charge is 2.06. The topological polar surface area (TPSA) is 70.3 Å². The molecule has 6 heteroatoms. The first-order valence-corrected chi connectivity index (χ1v) is 6.40. The van der Waals surface area contributed by atoms with Crippen LogP contribution in [-0.4, -0.2) is 20.0 Å². The number of nitrogens with zero attached hydrogens (tertiary/aromatic N) is 2. The Labute approximate surface area is 124 Å². The molecular formula is C14H20ClN3O2. The van der Waals surface area contributed by atoms with Crippen LogP contribution in [0.3, 0.4) is 0 Å². The predicted octanol–water partition coefficient (Wildman–Crippen LogP) is 3.30. The van der Waals surface area contributed by atoms with Gasteiger partial charge in [0.2, 0.25) is 0 Å². The molecule has 0 spiro atoms. The van der Waals surface area contributed by atoms with Crippen LogP contribution in [0, 0.1) is 0 Å². The van der Waals surface area contributed by atoms with Crippen molar-refractivity contribution in [2.45, 2.75) is 32.9 Å². The minimum absolute atomic E-state index is 0. The number of phenolic OH excluding ortho intramolecular Hbond substituents is 2. The molecule has 0 aliphatic carbocycles. The van der Waals surface area contributed by atoms with Crippen LogP contribution in [-0.2, 0) is 6.54 Å². The summed E-state index contributed by atoms with van der Waals surface area (Å²) in [5.41, 5.74) is 0.718. The highest BCUT2D eigenvalue weighted by Crippen LogP contribution is 2.23. The number of nitrogens with one attached hydrogen (secondary N) is 1. The average Bonchev–Trinajstić information content (AvgIpc) is 2.85. The first-order chi connectivity index (χ1) is 9.10. The van der Waals surface area contributed by atoms with Crippen molar-refractivity contribution in [3.8, 4) is 11.5 Å². The van der Waals surface area contributed by atoms with Crippen molar-refractivity contribution in [2.24, 2.45) is 0 Å². The summed E-state index contributed by atoms with van der Waals surface area (Å²) in [6, 6.07) is 6.84. The summed E-state index contributed by atoms with van der Waals surface area (Å²) < 4.78 is 1.92. The van der Waals surface area contributed by atoms with Gasteiger partial charge in [-0.05, 0) is 25.5 Å². The van der Waals surface area contributed by atoms with Crippen molar-refractivity contribution in [2.75, 3.05) is 5.32 Å². The highest BCUT2D eigenvalue weighted by atomic mass is 35.5. The Morgan fingerprint density at radius 2 is 2.05 bits per heavy atom. The second kappa shape index (κ2) is 7.05. The second-order valence-corrected chi connectivity index (χ2v) is 4.60. The van der Waals surface area contributed by atoms with E-state index in [1.807, 2.05) is 16.9 Å². The van der Waals surface area contributed by atoms with E-state index < -0.39 is 0 Å². The van der Waals surface area contributed by atoms with Gasteiger partial charge >= 0.3 is 0 Å². The lowest BCUT2D eigenvalue weighted by molar-refractivity contribution is 0.446. The lowest BCUT2D eigenvalue weighted by Gasteiger charge is -2.09. The molecule has 2 aromatic rings. The molecule has 0 saturated heterocycles. The fourth-order valence-corrected chi connectivity index (χ4v) is 1.75. The molecule has 0 saturated carbocycles. The van der Waals surface area contributed by atoms with E-state index in [0.29, 0.717) is 12.6 Å². The van der Waals surface area contributed by atoms with E-state index in [0.717, 1.165) is 17.8 Å². The molecule has 3 N–H and O–H groups in total. The lowest BCUT2D eigenvalue weighted by Crippen LogP contribution is -2.06. The molecule has 0 aliphatic heterocycles. The summed E-state index contributed by atoms with van der Waals surface area (Å²) in [5, 5.41) is 26.5. The molecule has 20 heavy (non-hydrogen) atoms. The fraction of sp³-hybridized carbons (Fsp3) is 0.357. The smallest absolute Gasteiger partial charge is 0.148 e. The Kier molecular flexibility index (Phi) is 5.70. The van der Waals surface area contributed by atoms with Gasteiger partial charge in [-0.2, -0.15) is 5.10 Å². The van der Waals surface area contributed by atoms with Gasteiger partial charge in [0.25, 0.3) is 0 Å². The van der Waals surface area contributed by atoms with Crippen molar-refractivity contribution in [1.29, 1.82) is 0 Å². The zero-order valence-corrected chi connectivity index (χ0v) is 12.4. The molecule has 0 amide bonds. The maximum atomic E-state index is 9.68. The van der Waals surface area contributed by atoms with Gasteiger partial charge in [0.1, 0.15) is 17.3 Å². The first-order valence-electron chi connectivity index (χ1n) is 6.40. The third-order valence-corrected chi connectivity index (χ3v) is 3.18. The van der Waals surface area contributed by atoms with E-state index in [1.54, 1.807) is 12.1 Å². The van der Waals surface area contributed by atoms with Gasteiger partial charge in [-0.3, -0.25) is 4.68 Å². The minimum Gasteiger partial charge on any atom is -0.508 e. The number of anilines is 1. The van der Waals surface area contributed by atoms with Gasteiger partial charge in [0.15, 0.2) is 0 Å². The van der Waals surface area contributed by atoms with Crippen LogP contribution in [0.1, 0.15) is 31.9 Å². The first kappa shape index (κ1) is 16.2. The number of aromatic hydroxyl groups is 2. The van der Waals surface area contributed by atoms with Gasteiger partial charge in [-0.25, -0.2) is 0 Å². The van der Waals surface area contributed by atoms with Crippen molar-refractivity contribution in [3.63, 3.8) is 0 Å². The molecule has 0 fully saturated rings. The standard InChI is InChI=1S/C14H19N3O2.ClH/c1-3-10(2)17-7-6-14(16-17)15-9-11-4-5-12(18)8-13(11)19;/h4-8,10,18-19H,3,9H2,1-2H3,(H,15,16);1H. The van der Waals surface area contributed by atoms with E-state index in [9.17, 15) is 10.2 Å². The molecule has 1 unspecified atom stereocenters. The zero-order chi connectivity index (χ0) is 13.8. The van der Waals surface area contributed by atoms with Crippen LogP contribution in [0.25, 0.3) is 0 Å². The minimum atomic E-state index is 0. The molecule has 0 aliphatic rings. The Morgan fingerprint density at radius 1 is 1.30 bits per heavy atom. The van der Waals surface area contributed by atoms with Crippen LogP contribution in [0.4, 0.5) is 5.82 Å². The van der Waals surface area contributed by atoms with E-state index in [2.05, 4.69) is 24.3 Å². The summed E-state index contributed by atoms with van der Waals surface area (Å²) >= 11 is 0. The van der Waals surface area contributed by atoms with E-state index in [4.69, 9.17) is 0 Å². The van der Waals surface area contributed by atoms with Gasteiger partial charge in [0, 0.05) is 36.5 Å². The molecule has 110 valence electrons. The highest BCUT2D eigenvalue weighted by molar-refractivity contribution is 5.85. The molecule has 0 bridgehead atoms. The number of phenols is 2. The molecule has 1 aromatic heterocycles. The number of rotatable bonds is 5. The SMILES string of the molecule is CCC(C)n1ccc(NCc2ccc(O)cc2O)n1.Cl. The number of aromatic nitrogens is 2. The largest absolute Gasteiger partial charge is 0.508 e. The quantitative estimate of drug-likeness (QED) is 0.792. The van der Waals surface area contributed by atoms with Crippen molar-refractivity contribution in [1.82, 2.24) is 9.78 Å². The maximum absolute atomic E-state index is 9.68. The average molecular weight is 298 g/mol. The Morgan fingerprint density at radius 3 is 2.70 bits per heavy atom. The summed E-state index contributed by atoms with van der Waals surface area (Å²) in [6.07, 6.45) is 2.97. The molecule has 0 radical (unpaired) electrons. The molecule has 1 aromatic carbocycles. The molecular weight excluding hydrogens is 278 g/mol. The van der Waals surface area contributed by atoms with Gasteiger partial charge in [0.05, 0.1) is 0 Å². The molecule has 2 rings (SSSR count). The summed E-state index contributed by atoms with van der Waals surface area (Å²) in [6.45, 7) is 4.69. The normalized spacial score (nSPS) is 11.7. The van der Waals surface area contributed by atoms with Crippen LogP contribution in [0.15, 0.2) is 30.5 Å². The number of hydrogen-bond acceptors (Lipinski definition) is 4. The van der Waals surface area contributed by atoms with Crippen LogP contribution >= 0.6 is 12.4 Å². The monoisotopic (exact) mass is 297 g/mol. The third-order valence-electron chi connectivity index (χ3n) is 3.18. The van der Waals surface area contributed by atoms with Crippen molar-refractivity contribution >= 4 is 18.2 Å². The molecule has 1 atom stereocenters. The Bertz CT molecular complexity index is 557. The lowest BCUT2D eigenvalue weighted by atomic mass is 10.2. The van der Waals surface area contributed by atoms with Crippen LogP contribution in [0.5, 0.6) is 11.5 Å². The summed E-state index contributed by atoms with van der Waals surface area (Å²) in [4.78, 5) is 0. The number of hydrogen-bond donors (Lipinski definition) is 3. The molecule has 1 heterocycles. The van der Waals surface area contributed by atoms with Crippen molar-refractivity contribution < 1.29 is 10.2 Å². The predicted molar refractivity (Wildman–Crippen MR) is 81.6 cm³/mol. The summed E-state index contributed by atoms with van der Waals surface area (Å²) in [5.74, 6) is 0.906. The van der Waals surface area contributed by atoms with E-state index in [-0.39, 0.29) is 23.9 Å². The van der Waals surface area contributed by atoms with Crippen LogP contribution < -0.4 is 5.32 Å². The van der Waals surface area contributed by atoms with Gasteiger partial charge in [-0.15, -0.1) is 12.4 Å². The number of halogens is 1. The second-order valence-electron chi connectivity index (χ2n) is 4.60. The molecule has 5 nitrogen and oxygen atoms in total. The summed E-state index contributed by atoms with van der Waals surface area (Å²) in [7, 11) is 0. The fourth-order valence-electron chi connectivity index (χ4n) is 1.75. The van der Waals surface area contributed by atoms with E-state index >= 15 is 0 Å².